The summed E-state index contributed by atoms with van der Waals surface area (Å²) >= 11 is 0. The SMILES string of the molecule is CCCc1ccc(C2C(C(=O)OCC)=C(C(F)(F)F)Nc3[nH]ncc32)cc1. The van der Waals surface area contributed by atoms with E-state index in [2.05, 4.69) is 22.4 Å². The van der Waals surface area contributed by atoms with Gasteiger partial charge in [0.15, 0.2) is 0 Å². The zero-order chi connectivity index (χ0) is 19.6. The normalized spacial score (nSPS) is 16.7. The predicted molar refractivity (Wildman–Crippen MR) is 94.2 cm³/mol. The quantitative estimate of drug-likeness (QED) is 0.760. The van der Waals surface area contributed by atoms with Crippen LogP contribution >= 0.6 is 0 Å². The van der Waals surface area contributed by atoms with Crippen molar-refractivity contribution >= 4 is 11.8 Å². The first-order chi connectivity index (χ1) is 12.9. The molecule has 3 rings (SSSR count). The third-order valence-corrected chi connectivity index (χ3v) is 4.42. The molecule has 0 fully saturated rings. The van der Waals surface area contributed by atoms with Gasteiger partial charge in [0, 0.05) is 11.5 Å². The highest BCUT2D eigenvalue weighted by atomic mass is 19.4. The van der Waals surface area contributed by atoms with E-state index in [1.807, 2.05) is 12.1 Å². The lowest BCUT2D eigenvalue weighted by Crippen LogP contribution is -2.32. The van der Waals surface area contributed by atoms with E-state index in [1.54, 1.807) is 19.1 Å². The van der Waals surface area contributed by atoms with Gasteiger partial charge in [-0.25, -0.2) is 4.79 Å². The highest BCUT2D eigenvalue weighted by Gasteiger charge is 2.46. The van der Waals surface area contributed by atoms with E-state index < -0.39 is 29.3 Å². The molecule has 0 saturated carbocycles. The van der Waals surface area contributed by atoms with Crippen LogP contribution in [0.25, 0.3) is 0 Å². The molecule has 1 atom stereocenters. The summed E-state index contributed by atoms with van der Waals surface area (Å²) in [6.07, 6.45) is -1.48. The zero-order valence-electron chi connectivity index (χ0n) is 15.0. The van der Waals surface area contributed by atoms with Crippen molar-refractivity contribution < 1.29 is 22.7 Å². The fourth-order valence-electron chi connectivity index (χ4n) is 3.27. The van der Waals surface area contributed by atoms with E-state index in [9.17, 15) is 18.0 Å². The molecular formula is C19H20F3N3O2. The highest BCUT2D eigenvalue weighted by Crippen LogP contribution is 2.45. The van der Waals surface area contributed by atoms with E-state index in [0.29, 0.717) is 11.1 Å². The molecule has 1 aliphatic heterocycles. The summed E-state index contributed by atoms with van der Waals surface area (Å²) in [6.45, 7) is 3.59. The summed E-state index contributed by atoms with van der Waals surface area (Å²) in [5, 5.41) is 8.66. The number of hydrogen-bond donors (Lipinski definition) is 2. The van der Waals surface area contributed by atoms with Crippen LogP contribution in [0.15, 0.2) is 41.7 Å². The minimum atomic E-state index is -4.74. The maximum atomic E-state index is 13.7. The van der Waals surface area contributed by atoms with Gasteiger partial charge in [-0.3, -0.25) is 5.10 Å². The second kappa shape index (κ2) is 7.46. The number of ether oxygens (including phenoxy) is 1. The molecule has 1 unspecified atom stereocenters. The number of carbonyl (C=O) groups is 1. The third-order valence-electron chi connectivity index (χ3n) is 4.42. The van der Waals surface area contributed by atoms with Gasteiger partial charge in [-0.05, 0) is 24.5 Å². The van der Waals surface area contributed by atoms with E-state index in [0.717, 1.165) is 18.4 Å². The van der Waals surface area contributed by atoms with E-state index in [4.69, 9.17) is 4.74 Å². The van der Waals surface area contributed by atoms with Gasteiger partial charge in [0.25, 0.3) is 0 Å². The number of benzene rings is 1. The highest BCUT2D eigenvalue weighted by molar-refractivity contribution is 5.94. The number of hydrogen-bond acceptors (Lipinski definition) is 4. The Morgan fingerprint density at radius 3 is 2.52 bits per heavy atom. The molecule has 144 valence electrons. The van der Waals surface area contributed by atoms with Crippen molar-refractivity contribution in [2.45, 2.75) is 38.8 Å². The third kappa shape index (κ3) is 3.70. The molecule has 2 heterocycles. The van der Waals surface area contributed by atoms with Crippen molar-refractivity contribution in [1.82, 2.24) is 10.2 Å². The summed E-state index contributed by atoms with van der Waals surface area (Å²) < 4.78 is 46.0. The van der Waals surface area contributed by atoms with Crippen LogP contribution in [0.5, 0.6) is 0 Å². The largest absolute Gasteiger partial charge is 0.463 e. The Hall–Kier alpha value is -2.77. The first kappa shape index (κ1) is 19.0. The monoisotopic (exact) mass is 379 g/mol. The van der Waals surface area contributed by atoms with Gasteiger partial charge in [-0.15, -0.1) is 0 Å². The molecule has 0 bridgehead atoms. The van der Waals surface area contributed by atoms with Crippen molar-refractivity contribution in [1.29, 1.82) is 0 Å². The smallest absolute Gasteiger partial charge is 0.431 e. The molecule has 1 aliphatic rings. The van der Waals surface area contributed by atoms with Crippen molar-refractivity contribution in [2.24, 2.45) is 0 Å². The van der Waals surface area contributed by atoms with Crippen LogP contribution in [-0.2, 0) is 16.0 Å². The number of rotatable bonds is 5. The van der Waals surface area contributed by atoms with Crippen molar-refractivity contribution in [2.75, 3.05) is 11.9 Å². The van der Waals surface area contributed by atoms with Gasteiger partial charge >= 0.3 is 12.1 Å². The number of esters is 1. The second-order valence-corrected chi connectivity index (χ2v) is 6.26. The number of carbonyl (C=O) groups excluding carboxylic acids is 1. The maximum absolute atomic E-state index is 13.7. The first-order valence-corrected chi connectivity index (χ1v) is 8.74. The van der Waals surface area contributed by atoms with Crippen LogP contribution in [0.1, 0.15) is 42.9 Å². The fourth-order valence-corrected chi connectivity index (χ4v) is 3.27. The summed E-state index contributed by atoms with van der Waals surface area (Å²) in [7, 11) is 0. The number of alkyl halides is 3. The molecule has 0 amide bonds. The Morgan fingerprint density at radius 2 is 1.93 bits per heavy atom. The topological polar surface area (TPSA) is 67.0 Å². The number of allylic oxidation sites excluding steroid dienone is 1. The molecule has 0 spiro atoms. The van der Waals surface area contributed by atoms with E-state index >= 15 is 0 Å². The minimum absolute atomic E-state index is 0.0200. The molecule has 27 heavy (non-hydrogen) atoms. The molecule has 1 aromatic heterocycles. The van der Waals surface area contributed by atoms with Crippen molar-refractivity contribution in [3.63, 3.8) is 0 Å². The molecule has 2 N–H and O–H groups in total. The van der Waals surface area contributed by atoms with Crippen LogP contribution in [0.4, 0.5) is 19.0 Å². The lowest BCUT2D eigenvalue weighted by molar-refractivity contribution is -0.140. The summed E-state index contributed by atoms with van der Waals surface area (Å²) in [5.74, 6) is -1.80. The average Bonchev–Trinajstić information content (AvgIpc) is 3.09. The number of aryl methyl sites for hydroxylation is 1. The van der Waals surface area contributed by atoms with Crippen LogP contribution in [-0.4, -0.2) is 28.9 Å². The zero-order valence-corrected chi connectivity index (χ0v) is 15.0. The van der Waals surface area contributed by atoms with Gasteiger partial charge in [0.1, 0.15) is 11.5 Å². The Kier molecular flexibility index (Phi) is 5.25. The number of nitrogens with one attached hydrogen (secondary N) is 2. The number of aromatic nitrogens is 2. The second-order valence-electron chi connectivity index (χ2n) is 6.26. The maximum Gasteiger partial charge on any atom is 0.431 e. The van der Waals surface area contributed by atoms with E-state index in [1.165, 1.54) is 6.20 Å². The number of fused-ring (bicyclic) bond motifs is 1. The molecule has 8 heteroatoms. The average molecular weight is 379 g/mol. The number of nitrogens with zero attached hydrogens (tertiary/aromatic N) is 1. The summed E-state index contributed by atoms with van der Waals surface area (Å²) in [6, 6.07) is 7.25. The lowest BCUT2D eigenvalue weighted by Gasteiger charge is -2.29. The van der Waals surface area contributed by atoms with Crippen molar-refractivity contribution in [3.05, 3.63) is 58.4 Å². The molecule has 5 nitrogen and oxygen atoms in total. The number of H-pyrrole nitrogens is 1. The van der Waals surface area contributed by atoms with Gasteiger partial charge in [0.05, 0.1) is 18.4 Å². The molecule has 0 aliphatic carbocycles. The standard InChI is InChI=1S/C19H20F3N3O2/c1-3-5-11-6-8-12(9-7-11)14-13-10-23-25-17(13)24-16(19(20,21)22)15(14)18(26)27-4-2/h6-10,14H,3-5H2,1-2H3,(H2,23,24,25). The summed E-state index contributed by atoms with van der Waals surface area (Å²) in [5.41, 5.74) is 0.542. The Labute approximate surface area is 154 Å². The molecule has 1 aromatic carbocycles. The van der Waals surface area contributed by atoms with E-state index in [-0.39, 0.29) is 12.4 Å². The van der Waals surface area contributed by atoms with Crippen LogP contribution in [0.3, 0.4) is 0 Å². The minimum Gasteiger partial charge on any atom is -0.463 e. The predicted octanol–water partition coefficient (Wildman–Crippen LogP) is 4.30. The Balaban J connectivity index is 2.17. The van der Waals surface area contributed by atoms with Crippen LogP contribution < -0.4 is 5.32 Å². The summed E-state index contributed by atoms with van der Waals surface area (Å²) in [4.78, 5) is 12.5. The Bertz CT molecular complexity index is 854. The van der Waals surface area contributed by atoms with Crippen LogP contribution in [0, 0.1) is 0 Å². The molecular weight excluding hydrogens is 359 g/mol. The Morgan fingerprint density at radius 1 is 1.22 bits per heavy atom. The van der Waals surface area contributed by atoms with Gasteiger partial charge in [-0.2, -0.15) is 18.3 Å². The van der Waals surface area contributed by atoms with Gasteiger partial charge < -0.3 is 10.1 Å². The van der Waals surface area contributed by atoms with Crippen molar-refractivity contribution in [3.8, 4) is 0 Å². The van der Waals surface area contributed by atoms with Crippen LogP contribution in [0.2, 0.25) is 0 Å². The number of aromatic amines is 1. The first-order valence-electron chi connectivity index (χ1n) is 8.74. The molecule has 0 saturated heterocycles. The lowest BCUT2D eigenvalue weighted by atomic mass is 9.82. The fraction of sp³-hybridized carbons (Fsp3) is 0.368. The molecule has 2 aromatic rings. The number of anilines is 1. The van der Waals surface area contributed by atoms with Gasteiger partial charge in [0.2, 0.25) is 0 Å². The number of halogens is 3. The van der Waals surface area contributed by atoms with Gasteiger partial charge in [-0.1, -0.05) is 37.6 Å². The molecule has 0 radical (unpaired) electrons.